The first kappa shape index (κ1) is 27.0. The second-order valence-corrected chi connectivity index (χ2v) is 12.9. The van der Waals surface area contributed by atoms with Crippen LogP contribution in [0.5, 0.6) is 0 Å². The Morgan fingerprint density at radius 1 is 0.923 bits per heavy atom. The summed E-state index contributed by atoms with van der Waals surface area (Å²) in [5.74, 6) is -1.35. The molecule has 202 valence electrons. The molecule has 3 N–H and O–H groups in total. The van der Waals surface area contributed by atoms with Crippen LogP contribution in [-0.2, 0) is 36.1 Å². The van der Waals surface area contributed by atoms with Gasteiger partial charge in [-0.15, -0.1) is 0 Å². The first-order chi connectivity index (χ1) is 18.5. The number of hydrogen-bond acceptors (Lipinski definition) is 6. The molecule has 2 amide bonds. The lowest BCUT2D eigenvalue weighted by Gasteiger charge is -2.27. The number of benzene rings is 3. The van der Waals surface area contributed by atoms with Gasteiger partial charge >= 0.3 is 0 Å². The third kappa shape index (κ3) is 5.21. The van der Waals surface area contributed by atoms with Gasteiger partial charge in [-0.2, -0.15) is 4.31 Å². The zero-order chi connectivity index (χ0) is 27.9. The zero-order valence-electron chi connectivity index (χ0n) is 20.3. The summed E-state index contributed by atoms with van der Waals surface area (Å²) in [5, 5.41) is 6.41. The third-order valence-corrected chi connectivity index (χ3v) is 9.69. The van der Waals surface area contributed by atoms with E-state index >= 15 is 0 Å². The van der Waals surface area contributed by atoms with Crippen molar-refractivity contribution >= 4 is 60.1 Å². The average molecular weight is 587 g/mol. The molecule has 2 heterocycles. The topological polar surface area (TPSA) is 151 Å². The summed E-state index contributed by atoms with van der Waals surface area (Å²) in [6.45, 7) is -0.0747. The van der Waals surface area contributed by atoms with Crippen LogP contribution in [0.3, 0.4) is 0 Å². The lowest BCUT2D eigenvalue weighted by Crippen LogP contribution is -2.46. The molecule has 1 aliphatic heterocycles. The van der Waals surface area contributed by atoms with Crippen molar-refractivity contribution in [1.82, 2.24) is 9.29 Å². The number of H-pyrrole nitrogens is 1. The van der Waals surface area contributed by atoms with E-state index in [9.17, 15) is 26.4 Å². The van der Waals surface area contributed by atoms with E-state index in [0.29, 0.717) is 5.02 Å². The molecule has 1 saturated heterocycles. The van der Waals surface area contributed by atoms with Gasteiger partial charge in [0.05, 0.1) is 21.9 Å². The monoisotopic (exact) mass is 586 g/mol. The van der Waals surface area contributed by atoms with Crippen LogP contribution < -0.4 is 10.0 Å². The Hall–Kier alpha value is -3.55. The number of imide groups is 1. The predicted octanol–water partition coefficient (Wildman–Crippen LogP) is 3.03. The predicted molar refractivity (Wildman–Crippen MR) is 146 cm³/mol. The van der Waals surface area contributed by atoms with E-state index < -0.39 is 37.9 Å². The number of hydrogen-bond donors (Lipinski definition) is 2. The van der Waals surface area contributed by atoms with Crippen molar-refractivity contribution in [2.75, 3.05) is 11.4 Å². The Morgan fingerprint density at radius 3 is 2.23 bits per heavy atom. The SMILES string of the molecule is NS(=O)(=O)c1ccc(N2C(=O)CC(N(CCc3c[nH]c4ccccc34)S(=O)(=O)c3ccc(Cl)cc3)C2=O)cc1. The fraction of sp³-hybridized carbons (Fsp3) is 0.154. The van der Waals surface area contributed by atoms with Gasteiger partial charge in [0.1, 0.15) is 6.04 Å². The third-order valence-electron chi connectivity index (χ3n) is 6.59. The molecule has 13 heteroatoms. The largest absolute Gasteiger partial charge is 0.361 e. The van der Waals surface area contributed by atoms with Crippen molar-refractivity contribution in [3.63, 3.8) is 0 Å². The Bertz CT molecular complexity index is 1790. The van der Waals surface area contributed by atoms with E-state index in [1.54, 1.807) is 6.20 Å². The zero-order valence-corrected chi connectivity index (χ0v) is 22.7. The van der Waals surface area contributed by atoms with Gasteiger partial charge in [0.15, 0.2) is 0 Å². The van der Waals surface area contributed by atoms with Gasteiger partial charge < -0.3 is 4.98 Å². The molecule has 1 unspecified atom stereocenters. The molecule has 1 aliphatic rings. The van der Waals surface area contributed by atoms with Crippen molar-refractivity contribution in [3.05, 3.63) is 89.6 Å². The summed E-state index contributed by atoms with van der Waals surface area (Å²) in [7, 11) is -8.21. The lowest BCUT2D eigenvalue weighted by atomic mass is 10.1. The van der Waals surface area contributed by atoms with E-state index in [1.807, 2.05) is 24.3 Å². The smallest absolute Gasteiger partial charge is 0.252 e. The van der Waals surface area contributed by atoms with Crippen molar-refractivity contribution in [1.29, 1.82) is 0 Å². The number of nitrogens with one attached hydrogen (secondary N) is 1. The van der Waals surface area contributed by atoms with E-state index in [-0.39, 0.29) is 34.9 Å². The number of aromatic amines is 1. The molecule has 0 spiro atoms. The molecular weight excluding hydrogens is 564 g/mol. The van der Waals surface area contributed by atoms with Crippen molar-refractivity contribution < 1.29 is 26.4 Å². The van der Waals surface area contributed by atoms with Crippen molar-refractivity contribution in [2.45, 2.75) is 28.7 Å². The summed E-state index contributed by atoms with van der Waals surface area (Å²) in [5.41, 5.74) is 1.86. The number of aromatic nitrogens is 1. The molecule has 5 rings (SSSR count). The van der Waals surface area contributed by atoms with Crippen LogP contribution in [0.25, 0.3) is 10.9 Å². The van der Waals surface area contributed by atoms with Crippen LogP contribution in [0.4, 0.5) is 5.69 Å². The normalized spacial score (nSPS) is 16.5. The molecule has 1 atom stereocenters. The molecule has 1 fully saturated rings. The lowest BCUT2D eigenvalue weighted by molar-refractivity contribution is -0.122. The fourth-order valence-electron chi connectivity index (χ4n) is 4.65. The van der Waals surface area contributed by atoms with Gasteiger partial charge in [0, 0.05) is 28.7 Å². The number of nitrogens with two attached hydrogens (primary N) is 1. The minimum absolute atomic E-state index is 0.0676. The standard InChI is InChI=1S/C26H23ClN4O6S2/c27-18-5-9-21(10-6-18)39(36,37)30(14-13-17-16-29-23-4-2-1-3-22(17)23)24-15-25(32)31(26(24)33)19-7-11-20(12-8-19)38(28,34)35/h1-12,16,24,29H,13-15H2,(H2,28,34,35). The van der Waals surface area contributed by atoms with E-state index in [4.69, 9.17) is 16.7 Å². The Labute approximate surface area is 230 Å². The first-order valence-electron chi connectivity index (χ1n) is 11.8. The number of carbonyl (C=O) groups is 2. The van der Waals surface area contributed by atoms with E-state index in [1.165, 1.54) is 48.5 Å². The second kappa shape index (κ2) is 10.2. The quantitative estimate of drug-likeness (QED) is 0.303. The maximum Gasteiger partial charge on any atom is 0.252 e. The highest BCUT2D eigenvalue weighted by atomic mass is 35.5. The van der Waals surface area contributed by atoms with Crippen LogP contribution in [-0.4, -0.2) is 50.5 Å². The molecule has 0 saturated carbocycles. The summed E-state index contributed by atoms with van der Waals surface area (Å²) >= 11 is 5.96. The molecule has 0 aliphatic carbocycles. The Kier molecular flexibility index (Phi) is 7.08. The highest BCUT2D eigenvalue weighted by Gasteiger charge is 2.46. The number of primary sulfonamides is 1. The maximum atomic E-state index is 13.8. The Morgan fingerprint density at radius 2 is 1.56 bits per heavy atom. The molecule has 0 radical (unpaired) electrons. The number of anilines is 1. The Balaban J connectivity index is 1.50. The van der Waals surface area contributed by atoms with Crippen molar-refractivity contribution in [3.8, 4) is 0 Å². The maximum absolute atomic E-state index is 13.8. The van der Waals surface area contributed by atoms with Gasteiger partial charge in [-0.05, 0) is 66.6 Å². The molecule has 10 nitrogen and oxygen atoms in total. The highest BCUT2D eigenvalue weighted by molar-refractivity contribution is 7.89. The van der Waals surface area contributed by atoms with Crippen LogP contribution >= 0.6 is 11.6 Å². The number of para-hydroxylation sites is 1. The highest BCUT2D eigenvalue weighted by Crippen LogP contribution is 2.31. The number of halogens is 1. The fourth-order valence-corrected chi connectivity index (χ4v) is 6.88. The number of carbonyl (C=O) groups excluding carboxylic acids is 2. The number of amides is 2. The van der Waals surface area contributed by atoms with Gasteiger partial charge in [0.2, 0.25) is 26.0 Å². The number of rotatable bonds is 8. The van der Waals surface area contributed by atoms with E-state index in [0.717, 1.165) is 25.7 Å². The van der Waals surface area contributed by atoms with Gasteiger partial charge in [0.25, 0.3) is 5.91 Å². The van der Waals surface area contributed by atoms with Gasteiger partial charge in [-0.1, -0.05) is 29.8 Å². The average Bonchev–Trinajstić information content (AvgIpc) is 3.44. The molecule has 0 bridgehead atoms. The summed E-state index contributed by atoms with van der Waals surface area (Å²) in [6.07, 6.45) is 1.69. The van der Waals surface area contributed by atoms with E-state index in [2.05, 4.69) is 4.98 Å². The van der Waals surface area contributed by atoms with Crippen LogP contribution in [0, 0.1) is 0 Å². The number of sulfonamides is 2. The van der Waals surface area contributed by atoms with Crippen LogP contribution in [0.2, 0.25) is 5.02 Å². The summed E-state index contributed by atoms with van der Waals surface area (Å²) in [6, 6.07) is 16.8. The summed E-state index contributed by atoms with van der Waals surface area (Å²) in [4.78, 5) is 30.4. The molecular formula is C26H23ClN4O6S2. The van der Waals surface area contributed by atoms with Crippen LogP contribution in [0.1, 0.15) is 12.0 Å². The number of fused-ring (bicyclic) bond motifs is 1. The second-order valence-electron chi connectivity index (χ2n) is 9.01. The number of nitrogens with zero attached hydrogens (tertiary/aromatic N) is 2. The minimum atomic E-state index is -4.23. The first-order valence-corrected chi connectivity index (χ1v) is 15.2. The summed E-state index contributed by atoms with van der Waals surface area (Å²) < 4.78 is 51.9. The molecule has 39 heavy (non-hydrogen) atoms. The van der Waals surface area contributed by atoms with Crippen molar-refractivity contribution in [2.24, 2.45) is 5.14 Å². The molecule has 1 aromatic heterocycles. The van der Waals surface area contributed by atoms with Gasteiger partial charge in [-0.25, -0.2) is 26.9 Å². The van der Waals surface area contributed by atoms with Crippen LogP contribution in [0.15, 0.2) is 88.8 Å². The van der Waals surface area contributed by atoms with Gasteiger partial charge in [-0.3, -0.25) is 9.59 Å². The molecule has 4 aromatic rings. The minimum Gasteiger partial charge on any atom is -0.361 e. The molecule has 3 aromatic carbocycles.